The van der Waals surface area contributed by atoms with Crippen LogP contribution in [0.4, 0.5) is 17.5 Å². The molecule has 1 aliphatic heterocycles. The molecule has 2 aromatic carbocycles. The molecule has 0 unspecified atom stereocenters. The van der Waals surface area contributed by atoms with Crippen molar-refractivity contribution in [2.45, 2.75) is 44.7 Å². The lowest BCUT2D eigenvalue weighted by Gasteiger charge is -2.41. The molecule has 0 bridgehead atoms. The molecule has 5 aromatic rings. The molecule has 41 heavy (non-hydrogen) atoms. The van der Waals surface area contributed by atoms with E-state index >= 15 is 0 Å². The number of likely N-dealkylation sites (N-methyl/N-ethyl adjacent to an activating group) is 1. The summed E-state index contributed by atoms with van der Waals surface area (Å²) in [5.74, 6) is 1.20. The first kappa shape index (κ1) is 26.3. The highest BCUT2D eigenvalue weighted by Crippen LogP contribution is 2.39. The van der Waals surface area contributed by atoms with Crippen LogP contribution in [0.2, 0.25) is 5.02 Å². The summed E-state index contributed by atoms with van der Waals surface area (Å²) >= 11 is 6.22. The number of H-pyrrole nitrogens is 1. The summed E-state index contributed by atoms with van der Waals surface area (Å²) in [6.07, 6.45) is 8.56. The summed E-state index contributed by atoms with van der Waals surface area (Å²) < 4.78 is 2.36. The fourth-order valence-electron chi connectivity index (χ4n) is 6.67. The monoisotopic (exact) mass is 569 g/mol. The Morgan fingerprint density at radius 3 is 2.46 bits per heavy atom. The van der Waals surface area contributed by atoms with Crippen molar-refractivity contribution >= 4 is 51.1 Å². The van der Waals surface area contributed by atoms with Crippen molar-refractivity contribution in [3.63, 3.8) is 0 Å². The molecule has 0 spiro atoms. The second-order valence-corrected chi connectivity index (χ2v) is 12.1. The molecule has 0 atom stereocenters. The average molecular weight is 570 g/mol. The number of anilines is 3. The number of aromatic amines is 1. The van der Waals surface area contributed by atoms with Crippen molar-refractivity contribution in [3.05, 3.63) is 59.5 Å². The van der Waals surface area contributed by atoms with Crippen LogP contribution in [0.3, 0.4) is 0 Å². The molecule has 4 heterocycles. The summed E-state index contributed by atoms with van der Waals surface area (Å²) in [4.78, 5) is 22.2. The molecule has 4 N–H and O–H groups in total. The lowest BCUT2D eigenvalue weighted by Crippen LogP contribution is -2.49. The van der Waals surface area contributed by atoms with Crippen molar-refractivity contribution in [2.75, 3.05) is 44.3 Å². The summed E-state index contributed by atoms with van der Waals surface area (Å²) in [7, 11) is 2.22. The van der Waals surface area contributed by atoms with E-state index in [1.165, 1.54) is 39.0 Å². The van der Waals surface area contributed by atoms with Crippen molar-refractivity contribution < 1.29 is 0 Å². The van der Waals surface area contributed by atoms with Gasteiger partial charge in [-0.25, -0.2) is 15.0 Å². The Kier molecular flexibility index (Phi) is 6.81. The average Bonchev–Trinajstić information content (AvgIpc) is 3.56. The number of piperazine rings is 1. The van der Waals surface area contributed by atoms with Gasteiger partial charge in [-0.1, -0.05) is 23.7 Å². The van der Waals surface area contributed by atoms with E-state index in [1.807, 2.05) is 19.1 Å². The van der Waals surface area contributed by atoms with E-state index in [9.17, 15) is 0 Å². The minimum absolute atomic E-state index is 0.412. The molecule has 3 aromatic heterocycles. The van der Waals surface area contributed by atoms with Crippen LogP contribution in [0.5, 0.6) is 0 Å². The molecule has 2 fully saturated rings. The van der Waals surface area contributed by atoms with Crippen LogP contribution in [0, 0.1) is 6.92 Å². The third kappa shape index (κ3) is 5.03. The Hall–Kier alpha value is -3.66. The molecule has 7 rings (SSSR count). The number of nitrogens with zero attached hydrogens (tertiary/aromatic N) is 6. The summed E-state index contributed by atoms with van der Waals surface area (Å²) in [5, 5.41) is 5.01. The van der Waals surface area contributed by atoms with Crippen LogP contribution < -0.4 is 11.1 Å². The van der Waals surface area contributed by atoms with E-state index < -0.39 is 0 Å². The number of rotatable bonds is 5. The maximum absolute atomic E-state index is 6.45. The third-order valence-electron chi connectivity index (χ3n) is 8.95. The summed E-state index contributed by atoms with van der Waals surface area (Å²) in [6.45, 7) is 6.72. The number of nitrogens with two attached hydrogens (primary N) is 1. The molecule has 1 saturated heterocycles. The Bertz CT molecular complexity index is 1690. The van der Waals surface area contributed by atoms with Crippen LogP contribution in [0.15, 0.2) is 48.9 Å². The molecule has 0 radical (unpaired) electrons. The van der Waals surface area contributed by atoms with Crippen molar-refractivity contribution in [1.29, 1.82) is 0 Å². The van der Waals surface area contributed by atoms with Gasteiger partial charge in [0.2, 0.25) is 5.95 Å². The van der Waals surface area contributed by atoms with Crippen LogP contribution >= 0.6 is 11.6 Å². The van der Waals surface area contributed by atoms with Gasteiger partial charge in [-0.15, -0.1) is 0 Å². The zero-order chi connectivity index (χ0) is 28.1. The number of aromatic nitrogens is 5. The van der Waals surface area contributed by atoms with E-state index in [0.29, 0.717) is 28.9 Å². The largest absolute Gasteiger partial charge is 0.383 e. The standard InChI is InChI=1S/C31H36ClN9/c1-19-15-21(32)16-26-28(19)38-31(37-26)36-22-5-3-20(4-6-22)25-17-41(30-27(25)29(33)34-18-35-30)24-9-7-23(8-10-24)40-13-11-39(2)12-14-40/h3-6,15-18,23-24H,7-14H2,1-2H3,(H2,33,34,35)(H2,36,37,38)/t23-,24+. The molecule has 1 aliphatic carbocycles. The fraction of sp³-hybridized carbons (Fsp3) is 0.387. The first-order chi connectivity index (χ1) is 19.9. The van der Waals surface area contributed by atoms with Gasteiger partial charge in [0.15, 0.2) is 0 Å². The number of nitrogens with one attached hydrogen (secondary N) is 2. The minimum Gasteiger partial charge on any atom is -0.383 e. The second-order valence-electron chi connectivity index (χ2n) is 11.6. The number of imidazole rings is 1. The molecular formula is C31H36ClN9. The van der Waals surface area contributed by atoms with Gasteiger partial charge in [0.1, 0.15) is 17.8 Å². The van der Waals surface area contributed by atoms with E-state index in [0.717, 1.165) is 57.3 Å². The van der Waals surface area contributed by atoms with Gasteiger partial charge in [0.05, 0.1) is 16.4 Å². The SMILES string of the molecule is Cc1cc(Cl)cc2[nH]c(Nc3ccc(-c4cn([C@H]5CC[C@@H](N6CCN(C)CC6)CC5)c5ncnc(N)c45)cc3)nc12. The number of halogens is 1. The van der Waals surface area contributed by atoms with Crippen molar-refractivity contribution in [2.24, 2.45) is 0 Å². The first-order valence-corrected chi connectivity index (χ1v) is 14.9. The van der Waals surface area contributed by atoms with Gasteiger partial charge < -0.3 is 25.5 Å². The van der Waals surface area contributed by atoms with E-state index in [1.54, 1.807) is 6.33 Å². The van der Waals surface area contributed by atoms with Crippen LogP contribution in [-0.2, 0) is 0 Å². The summed E-state index contributed by atoms with van der Waals surface area (Å²) in [6, 6.07) is 13.3. The predicted octanol–water partition coefficient (Wildman–Crippen LogP) is 5.99. The Labute approximate surface area is 244 Å². The number of nitrogen functional groups attached to an aromatic ring is 1. The van der Waals surface area contributed by atoms with E-state index in [2.05, 4.69) is 67.2 Å². The normalized spacial score (nSPS) is 20.7. The number of aryl methyl sites for hydroxylation is 1. The molecule has 0 amide bonds. The lowest BCUT2D eigenvalue weighted by atomic mass is 9.89. The van der Waals surface area contributed by atoms with E-state index in [4.69, 9.17) is 27.3 Å². The predicted molar refractivity (Wildman–Crippen MR) is 167 cm³/mol. The molecule has 9 nitrogen and oxygen atoms in total. The van der Waals surface area contributed by atoms with Crippen molar-refractivity contribution in [1.82, 2.24) is 34.3 Å². The molecule has 10 heteroatoms. The maximum atomic E-state index is 6.45. The Morgan fingerprint density at radius 2 is 1.71 bits per heavy atom. The zero-order valence-corrected chi connectivity index (χ0v) is 24.3. The highest BCUT2D eigenvalue weighted by atomic mass is 35.5. The van der Waals surface area contributed by atoms with Crippen LogP contribution in [0.1, 0.15) is 37.3 Å². The number of hydrogen-bond acceptors (Lipinski definition) is 7. The maximum Gasteiger partial charge on any atom is 0.205 e. The van der Waals surface area contributed by atoms with Gasteiger partial charge in [-0.05, 0) is 75.0 Å². The summed E-state index contributed by atoms with van der Waals surface area (Å²) in [5.41, 5.74) is 13.3. The van der Waals surface area contributed by atoms with Crippen LogP contribution in [0.25, 0.3) is 33.2 Å². The highest BCUT2D eigenvalue weighted by Gasteiger charge is 2.30. The van der Waals surface area contributed by atoms with Gasteiger partial charge in [-0.3, -0.25) is 4.90 Å². The number of benzene rings is 2. The molecule has 2 aliphatic rings. The fourth-order valence-corrected chi connectivity index (χ4v) is 6.94. The topological polar surface area (TPSA) is 104 Å². The first-order valence-electron chi connectivity index (χ1n) is 14.5. The van der Waals surface area contributed by atoms with Gasteiger partial charge in [0.25, 0.3) is 0 Å². The molecule has 1 saturated carbocycles. The zero-order valence-electron chi connectivity index (χ0n) is 23.6. The number of hydrogen-bond donors (Lipinski definition) is 3. The minimum atomic E-state index is 0.412. The second kappa shape index (κ2) is 10.6. The van der Waals surface area contributed by atoms with Gasteiger partial charge in [-0.2, -0.15) is 0 Å². The molecular weight excluding hydrogens is 534 g/mol. The van der Waals surface area contributed by atoms with E-state index in [-0.39, 0.29) is 0 Å². The van der Waals surface area contributed by atoms with Gasteiger partial charge in [0, 0.05) is 60.7 Å². The third-order valence-corrected chi connectivity index (χ3v) is 9.17. The smallest absolute Gasteiger partial charge is 0.205 e. The highest BCUT2D eigenvalue weighted by molar-refractivity contribution is 6.31. The van der Waals surface area contributed by atoms with Crippen LogP contribution in [-0.4, -0.2) is 73.6 Å². The van der Waals surface area contributed by atoms with Crippen molar-refractivity contribution in [3.8, 4) is 11.1 Å². The Balaban J connectivity index is 1.12. The molecule has 212 valence electrons. The quantitative estimate of drug-likeness (QED) is 0.239. The Morgan fingerprint density at radius 1 is 0.976 bits per heavy atom. The lowest BCUT2D eigenvalue weighted by molar-refractivity contribution is 0.0828. The number of fused-ring (bicyclic) bond motifs is 2. The van der Waals surface area contributed by atoms with Gasteiger partial charge >= 0.3 is 0 Å².